The highest BCUT2D eigenvalue weighted by atomic mass is 35.5. The van der Waals surface area contributed by atoms with Gasteiger partial charge in [-0.05, 0) is 0 Å². The van der Waals surface area contributed by atoms with E-state index in [0.717, 1.165) is 0 Å². The Labute approximate surface area is 68.9 Å². The van der Waals surface area contributed by atoms with Gasteiger partial charge >= 0.3 is 6.18 Å². The van der Waals surface area contributed by atoms with E-state index in [4.69, 9.17) is 0 Å². The molecule has 6 heteroatoms. The Morgan fingerprint density at radius 2 is 1.82 bits per heavy atom. The number of halogens is 4. The summed E-state index contributed by atoms with van der Waals surface area (Å²) in [4.78, 5) is 0. The van der Waals surface area contributed by atoms with Gasteiger partial charge in [-0.1, -0.05) is 0 Å². The van der Waals surface area contributed by atoms with Crippen LogP contribution >= 0.6 is 12.4 Å². The van der Waals surface area contributed by atoms with E-state index in [0.29, 0.717) is 13.1 Å². The molecule has 0 radical (unpaired) electrons. The third-order valence-electron chi connectivity index (χ3n) is 1.44. The topological polar surface area (TPSA) is 24.1 Å². The second-order valence-electron chi connectivity index (χ2n) is 2.25. The molecule has 0 saturated carbocycles. The Balaban J connectivity index is 0.000001000. The molecule has 0 bridgehead atoms. The molecule has 0 amide bonds. The minimum atomic E-state index is -4.10. The van der Waals surface area contributed by atoms with Crippen molar-refractivity contribution in [1.29, 1.82) is 0 Å². The lowest BCUT2D eigenvalue weighted by Crippen LogP contribution is -2.55. The van der Waals surface area contributed by atoms with E-state index >= 15 is 0 Å². The lowest BCUT2D eigenvalue weighted by Gasteiger charge is -2.26. The van der Waals surface area contributed by atoms with Crippen LogP contribution in [0, 0.1) is 0 Å². The number of nitrogens with one attached hydrogen (secondary N) is 2. The maximum atomic E-state index is 11.8. The number of alkyl halides is 3. The highest BCUT2D eigenvalue weighted by molar-refractivity contribution is 5.85. The molecule has 0 unspecified atom stereocenters. The second-order valence-corrected chi connectivity index (χ2v) is 2.25. The fraction of sp³-hybridized carbons (Fsp3) is 1.00. The fourth-order valence-corrected chi connectivity index (χ4v) is 0.885. The zero-order valence-corrected chi connectivity index (χ0v) is 6.56. The van der Waals surface area contributed by atoms with Gasteiger partial charge in [0.15, 0.2) is 0 Å². The normalized spacial score (nSPS) is 25.9. The summed E-state index contributed by atoms with van der Waals surface area (Å²) in [6.07, 6.45) is -4.10. The third kappa shape index (κ3) is 3.27. The van der Waals surface area contributed by atoms with E-state index in [1.165, 1.54) is 0 Å². The SMILES string of the molecule is Cl.FC(F)(F)[C@H]1CNCCN1. The Morgan fingerprint density at radius 1 is 1.18 bits per heavy atom. The second kappa shape index (κ2) is 4.13. The van der Waals surface area contributed by atoms with Gasteiger partial charge in [0.25, 0.3) is 0 Å². The molecule has 1 rings (SSSR count). The molecular formula is C5H10ClF3N2. The standard InChI is InChI=1S/C5H9F3N2.ClH/c6-5(7,8)4-3-9-1-2-10-4;/h4,9-10H,1-3H2;1H/t4-;/m1./s1. The van der Waals surface area contributed by atoms with Crippen molar-refractivity contribution in [1.82, 2.24) is 10.6 Å². The van der Waals surface area contributed by atoms with Gasteiger partial charge in [0.2, 0.25) is 0 Å². The molecule has 1 saturated heterocycles. The lowest BCUT2D eigenvalue weighted by atomic mass is 10.2. The van der Waals surface area contributed by atoms with Crippen LogP contribution in [0.25, 0.3) is 0 Å². The van der Waals surface area contributed by atoms with E-state index in [2.05, 4.69) is 10.6 Å². The van der Waals surface area contributed by atoms with Crippen LogP contribution < -0.4 is 10.6 Å². The van der Waals surface area contributed by atoms with Crippen LogP contribution in [0.3, 0.4) is 0 Å². The molecular weight excluding hydrogens is 181 g/mol. The molecule has 1 fully saturated rings. The summed E-state index contributed by atoms with van der Waals surface area (Å²) >= 11 is 0. The molecule has 0 aromatic rings. The van der Waals surface area contributed by atoms with Crippen molar-refractivity contribution in [2.24, 2.45) is 0 Å². The Morgan fingerprint density at radius 3 is 2.09 bits per heavy atom. The van der Waals surface area contributed by atoms with Crippen molar-refractivity contribution in [2.75, 3.05) is 19.6 Å². The predicted molar refractivity (Wildman–Crippen MR) is 38.0 cm³/mol. The van der Waals surface area contributed by atoms with E-state index in [9.17, 15) is 13.2 Å². The van der Waals surface area contributed by atoms with Crippen molar-refractivity contribution in [3.63, 3.8) is 0 Å². The quantitative estimate of drug-likeness (QED) is 0.583. The smallest absolute Gasteiger partial charge is 0.314 e. The van der Waals surface area contributed by atoms with E-state index in [1.807, 2.05) is 0 Å². The van der Waals surface area contributed by atoms with Crippen molar-refractivity contribution in [3.05, 3.63) is 0 Å². The average molecular weight is 191 g/mol. The van der Waals surface area contributed by atoms with Crippen LogP contribution in [0.15, 0.2) is 0 Å². The van der Waals surface area contributed by atoms with E-state index < -0.39 is 12.2 Å². The van der Waals surface area contributed by atoms with Crippen LogP contribution in [0.2, 0.25) is 0 Å². The first-order valence-electron chi connectivity index (χ1n) is 3.11. The summed E-state index contributed by atoms with van der Waals surface area (Å²) in [5.41, 5.74) is 0. The molecule has 1 aliphatic heterocycles. The van der Waals surface area contributed by atoms with Gasteiger partial charge in [-0.2, -0.15) is 13.2 Å². The fourth-order valence-electron chi connectivity index (χ4n) is 0.885. The van der Waals surface area contributed by atoms with Gasteiger partial charge in [0, 0.05) is 19.6 Å². The molecule has 1 aliphatic rings. The molecule has 11 heavy (non-hydrogen) atoms. The number of hydrogen-bond acceptors (Lipinski definition) is 2. The van der Waals surface area contributed by atoms with Crippen molar-refractivity contribution >= 4 is 12.4 Å². The van der Waals surface area contributed by atoms with Crippen LogP contribution in [0.5, 0.6) is 0 Å². The molecule has 1 heterocycles. The van der Waals surface area contributed by atoms with Gasteiger partial charge < -0.3 is 10.6 Å². The summed E-state index contributed by atoms with van der Waals surface area (Å²) in [7, 11) is 0. The summed E-state index contributed by atoms with van der Waals surface area (Å²) < 4.78 is 35.5. The molecule has 0 aromatic heterocycles. The monoisotopic (exact) mass is 190 g/mol. The first kappa shape index (κ1) is 11.0. The van der Waals surface area contributed by atoms with Gasteiger partial charge in [-0.3, -0.25) is 0 Å². The summed E-state index contributed by atoms with van der Waals surface area (Å²) in [5.74, 6) is 0. The molecule has 0 aromatic carbocycles. The zero-order chi connectivity index (χ0) is 7.61. The Hall–Kier alpha value is -0.0000000000000000416. The zero-order valence-electron chi connectivity index (χ0n) is 5.74. The van der Waals surface area contributed by atoms with Crippen molar-refractivity contribution < 1.29 is 13.2 Å². The molecule has 2 N–H and O–H groups in total. The maximum absolute atomic E-state index is 11.8. The highest BCUT2D eigenvalue weighted by Crippen LogP contribution is 2.19. The van der Waals surface area contributed by atoms with Gasteiger partial charge in [0.1, 0.15) is 6.04 Å². The summed E-state index contributed by atoms with van der Waals surface area (Å²) in [6.45, 7) is 1.00. The molecule has 0 spiro atoms. The van der Waals surface area contributed by atoms with Crippen molar-refractivity contribution in [2.45, 2.75) is 12.2 Å². The van der Waals surface area contributed by atoms with Gasteiger partial charge in [-0.15, -0.1) is 12.4 Å². The highest BCUT2D eigenvalue weighted by Gasteiger charge is 2.39. The number of rotatable bonds is 0. The van der Waals surface area contributed by atoms with Crippen LogP contribution in [0.1, 0.15) is 0 Å². The largest absolute Gasteiger partial charge is 0.405 e. The predicted octanol–water partition coefficient (Wildman–Crippen LogP) is 0.532. The number of piperazine rings is 1. The summed E-state index contributed by atoms with van der Waals surface area (Å²) in [6, 6.07) is -1.36. The van der Waals surface area contributed by atoms with Crippen molar-refractivity contribution in [3.8, 4) is 0 Å². The summed E-state index contributed by atoms with van der Waals surface area (Å²) in [5, 5.41) is 5.03. The average Bonchev–Trinajstić information content (AvgIpc) is 1.88. The van der Waals surface area contributed by atoms with Gasteiger partial charge in [0.05, 0.1) is 0 Å². The number of hydrogen-bond donors (Lipinski definition) is 2. The van der Waals surface area contributed by atoms with Crippen LogP contribution in [-0.4, -0.2) is 31.9 Å². The molecule has 1 atom stereocenters. The van der Waals surface area contributed by atoms with Crippen LogP contribution in [0.4, 0.5) is 13.2 Å². The minimum Gasteiger partial charge on any atom is -0.314 e. The Bertz CT molecular complexity index is 111. The maximum Gasteiger partial charge on any atom is 0.405 e. The third-order valence-corrected chi connectivity index (χ3v) is 1.44. The van der Waals surface area contributed by atoms with Gasteiger partial charge in [-0.25, -0.2) is 0 Å². The molecule has 0 aliphatic carbocycles. The first-order valence-corrected chi connectivity index (χ1v) is 3.11. The Kier molecular flexibility index (Phi) is 4.13. The lowest BCUT2D eigenvalue weighted by molar-refractivity contribution is -0.156. The minimum absolute atomic E-state index is 0. The molecule has 2 nitrogen and oxygen atoms in total. The van der Waals surface area contributed by atoms with E-state index in [-0.39, 0.29) is 19.0 Å². The van der Waals surface area contributed by atoms with Crippen LogP contribution in [-0.2, 0) is 0 Å². The van der Waals surface area contributed by atoms with E-state index in [1.54, 1.807) is 0 Å². The first-order chi connectivity index (χ1) is 4.61. The molecule has 68 valence electrons.